The molecule has 10 atom stereocenters. The number of hydrogen-bond donors (Lipinski definition) is 1. The molecule has 0 aromatic rings. The number of amides is 1. The van der Waals surface area contributed by atoms with Crippen LogP contribution in [0.2, 0.25) is 0 Å². The van der Waals surface area contributed by atoms with E-state index in [2.05, 4.69) is 32.9 Å². The number of hydrogen-bond acceptors (Lipinski definition) is 3. The number of ketones is 1. The molecule has 1 N–H and O–H groups in total. The Morgan fingerprint density at radius 2 is 1.86 bits per heavy atom. The molecule has 1 spiro atoms. The van der Waals surface area contributed by atoms with Gasteiger partial charge in [-0.3, -0.25) is 9.59 Å². The molecular weight excluding hydrogens is 362 g/mol. The number of Topliss-reactive ketones (excluding diaryl/α,β-unsaturated/α-hetero) is 1. The minimum atomic E-state index is -1.06. The van der Waals surface area contributed by atoms with E-state index in [0.717, 1.165) is 6.42 Å². The van der Waals surface area contributed by atoms with Crippen LogP contribution in [0.15, 0.2) is 12.2 Å². The molecule has 0 radical (unpaired) electrons. The summed E-state index contributed by atoms with van der Waals surface area (Å²) in [5.74, 6) is 2.09. The maximum absolute atomic E-state index is 13.8. The minimum Gasteiger partial charge on any atom is -0.389 e. The van der Waals surface area contributed by atoms with Gasteiger partial charge in [-0.15, -0.1) is 0 Å². The van der Waals surface area contributed by atoms with Crippen molar-refractivity contribution in [3.63, 3.8) is 0 Å². The van der Waals surface area contributed by atoms with Gasteiger partial charge < -0.3 is 10.0 Å². The van der Waals surface area contributed by atoms with Crippen molar-refractivity contribution >= 4 is 11.7 Å². The molecule has 3 fully saturated rings. The third-order valence-corrected chi connectivity index (χ3v) is 9.44. The van der Waals surface area contributed by atoms with Gasteiger partial charge in [-0.05, 0) is 62.2 Å². The monoisotopic (exact) mass is 401 g/mol. The number of aliphatic hydroxyl groups is 1. The highest BCUT2D eigenvalue weighted by Crippen LogP contribution is 2.62. The molecule has 3 aliphatic carbocycles. The van der Waals surface area contributed by atoms with E-state index in [-0.39, 0.29) is 35.5 Å². The highest BCUT2D eigenvalue weighted by molar-refractivity contribution is 6.14. The van der Waals surface area contributed by atoms with Crippen LogP contribution in [-0.2, 0) is 9.59 Å². The predicted octanol–water partition coefficient (Wildman–Crippen LogP) is 4.07. The van der Waals surface area contributed by atoms with Gasteiger partial charge in [-0.2, -0.15) is 0 Å². The van der Waals surface area contributed by atoms with Crippen LogP contribution in [0.4, 0.5) is 0 Å². The van der Waals surface area contributed by atoms with Crippen LogP contribution in [-0.4, -0.2) is 40.4 Å². The lowest BCUT2D eigenvalue weighted by molar-refractivity contribution is -0.181. The average Bonchev–Trinajstić information content (AvgIpc) is 2.82. The topological polar surface area (TPSA) is 57.6 Å². The molecule has 1 aliphatic heterocycles. The van der Waals surface area contributed by atoms with Gasteiger partial charge in [-0.1, -0.05) is 46.3 Å². The molecule has 0 aromatic heterocycles. The maximum atomic E-state index is 13.8. The first-order valence-electron chi connectivity index (χ1n) is 11.8. The van der Waals surface area contributed by atoms with Crippen molar-refractivity contribution in [1.82, 2.24) is 4.90 Å². The average molecular weight is 402 g/mol. The van der Waals surface area contributed by atoms with Crippen molar-refractivity contribution in [2.75, 3.05) is 7.05 Å². The number of allylic oxidation sites excluding steroid dienone is 1. The van der Waals surface area contributed by atoms with E-state index >= 15 is 0 Å². The lowest BCUT2D eigenvalue weighted by atomic mass is 9.45. The third kappa shape index (κ3) is 2.73. The third-order valence-electron chi connectivity index (χ3n) is 9.44. The Bertz CT molecular complexity index is 728. The normalized spacial score (nSPS) is 52.0. The Morgan fingerprint density at radius 3 is 2.52 bits per heavy atom. The first-order chi connectivity index (χ1) is 13.6. The van der Waals surface area contributed by atoms with Gasteiger partial charge in [0.2, 0.25) is 5.91 Å². The number of likely N-dealkylation sites (N-methyl/N-ethyl adjacent to an activating group) is 1. The van der Waals surface area contributed by atoms with Crippen LogP contribution in [0.1, 0.15) is 66.7 Å². The zero-order valence-corrected chi connectivity index (χ0v) is 19.0. The number of likely N-dealkylation sites (tertiary alicyclic amines) is 1. The summed E-state index contributed by atoms with van der Waals surface area (Å²) < 4.78 is 0. The van der Waals surface area contributed by atoms with Crippen LogP contribution in [0, 0.1) is 46.8 Å². The lowest BCUT2D eigenvalue weighted by Gasteiger charge is -2.59. The van der Waals surface area contributed by atoms with Crippen molar-refractivity contribution < 1.29 is 14.7 Å². The molecule has 1 saturated heterocycles. The molecule has 4 nitrogen and oxygen atoms in total. The van der Waals surface area contributed by atoms with Gasteiger partial charge in [-0.25, -0.2) is 0 Å². The van der Waals surface area contributed by atoms with Crippen LogP contribution in [0.25, 0.3) is 0 Å². The molecule has 4 heteroatoms. The molecule has 162 valence electrons. The fourth-order valence-corrected chi connectivity index (χ4v) is 7.97. The first-order valence-corrected chi connectivity index (χ1v) is 11.8. The van der Waals surface area contributed by atoms with E-state index in [0.29, 0.717) is 36.5 Å². The Morgan fingerprint density at radius 1 is 1.17 bits per heavy atom. The minimum absolute atomic E-state index is 0.0244. The number of rotatable bonds is 2. The van der Waals surface area contributed by atoms with Gasteiger partial charge in [0.25, 0.3) is 0 Å². The quantitative estimate of drug-likeness (QED) is 0.560. The summed E-state index contributed by atoms with van der Waals surface area (Å²) >= 11 is 0. The van der Waals surface area contributed by atoms with Crippen molar-refractivity contribution in [3.05, 3.63) is 12.2 Å². The molecule has 4 aliphatic rings. The molecule has 2 saturated carbocycles. The summed E-state index contributed by atoms with van der Waals surface area (Å²) in [5.41, 5.74) is -2.11. The Labute approximate surface area is 176 Å². The second kappa shape index (κ2) is 6.93. The Kier molecular flexibility index (Phi) is 5.04. The van der Waals surface area contributed by atoms with Crippen molar-refractivity contribution in [3.8, 4) is 0 Å². The Hall–Kier alpha value is -1.16. The molecule has 4 rings (SSSR count). The van der Waals surface area contributed by atoms with Crippen LogP contribution in [0.3, 0.4) is 0 Å². The highest BCUT2D eigenvalue weighted by Gasteiger charge is 2.69. The van der Waals surface area contributed by atoms with E-state index < -0.39 is 11.0 Å². The number of nitrogens with zero attached hydrogens (tertiary/aromatic N) is 1. The zero-order valence-electron chi connectivity index (χ0n) is 19.0. The van der Waals surface area contributed by atoms with Gasteiger partial charge in [0, 0.05) is 18.9 Å². The molecule has 1 heterocycles. The second-order valence-electron chi connectivity index (χ2n) is 11.1. The number of carbonyl (C=O) groups excluding carboxylic acids is 2. The first kappa shape index (κ1) is 21.1. The molecule has 0 bridgehead atoms. The van der Waals surface area contributed by atoms with Gasteiger partial charge in [0.1, 0.15) is 5.41 Å². The summed E-state index contributed by atoms with van der Waals surface area (Å²) in [4.78, 5) is 29.1. The van der Waals surface area contributed by atoms with Gasteiger partial charge in [0.05, 0.1) is 11.6 Å². The largest absolute Gasteiger partial charge is 0.389 e. The molecular formula is C25H39NO3. The number of fused-ring (bicyclic) bond motifs is 3. The van der Waals surface area contributed by atoms with Crippen molar-refractivity contribution in [1.29, 1.82) is 0 Å². The van der Waals surface area contributed by atoms with E-state index in [9.17, 15) is 14.7 Å². The van der Waals surface area contributed by atoms with Crippen LogP contribution in [0.5, 0.6) is 0 Å². The summed E-state index contributed by atoms with van der Waals surface area (Å²) in [7, 11) is 1.79. The zero-order chi connectivity index (χ0) is 21.3. The van der Waals surface area contributed by atoms with Gasteiger partial charge >= 0.3 is 0 Å². The maximum Gasteiger partial charge on any atom is 0.237 e. The summed E-state index contributed by atoms with van der Waals surface area (Å²) in [5, 5.41) is 11.8. The fraction of sp³-hybridized carbons (Fsp3) is 0.840. The van der Waals surface area contributed by atoms with E-state index in [1.807, 2.05) is 13.8 Å². The number of carbonyl (C=O) groups is 2. The van der Waals surface area contributed by atoms with E-state index in [4.69, 9.17) is 0 Å². The summed E-state index contributed by atoms with van der Waals surface area (Å²) in [6, 6.07) is -0.332. The molecule has 0 aromatic carbocycles. The standard InChI is InChI=1S/C25H39NO3/c1-7-8-20-22(27)25(23(28)26(20)6)13-18-19(24(5,29)16(25)4)10-9-17-12-14(2)11-15(3)21(17)18/h9-10,14-21,29H,7-8,11-13H2,1-6H3/t14-,15+,16+,17-,18-,19-,20+,21+,24+,25?/m0/s1. The molecule has 29 heavy (non-hydrogen) atoms. The lowest BCUT2D eigenvalue weighted by Crippen LogP contribution is -2.63. The van der Waals surface area contributed by atoms with E-state index in [1.165, 1.54) is 12.8 Å². The van der Waals surface area contributed by atoms with Crippen molar-refractivity contribution in [2.45, 2.75) is 78.4 Å². The smallest absolute Gasteiger partial charge is 0.237 e. The Balaban J connectivity index is 1.79. The van der Waals surface area contributed by atoms with Crippen molar-refractivity contribution in [2.24, 2.45) is 46.8 Å². The SMILES string of the molecule is CCC[C@@H]1C(=O)C2(C[C@@H]3[C@@H]4[C@H](C)C[C@H](C)C[C@@H]4C=C[C@@H]3[C@](C)(O)[C@H]2C)C(=O)N1C. The van der Waals surface area contributed by atoms with Crippen LogP contribution >= 0.6 is 0 Å². The summed E-state index contributed by atoms with van der Waals surface area (Å²) in [6.45, 7) is 10.6. The summed E-state index contributed by atoms with van der Waals surface area (Å²) in [6.07, 6.45) is 9.16. The second-order valence-corrected chi connectivity index (χ2v) is 11.1. The van der Waals surface area contributed by atoms with Crippen LogP contribution < -0.4 is 0 Å². The molecule has 1 unspecified atom stereocenters. The van der Waals surface area contributed by atoms with E-state index in [1.54, 1.807) is 11.9 Å². The predicted molar refractivity (Wildman–Crippen MR) is 114 cm³/mol. The highest BCUT2D eigenvalue weighted by atomic mass is 16.3. The molecule has 1 amide bonds. The van der Waals surface area contributed by atoms with Gasteiger partial charge in [0.15, 0.2) is 5.78 Å². The fourth-order valence-electron chi connectivity index (χ4n) is 7.97.